The van der Waals surface area contributed by atoms with Crippen LogP contribution in [0, 0.1) is 0 Å². The van der Waals surface area contributed by atoms with E-state index in [1.165, 1.54) is 11.8 Å². The van der Waals surface area contributed by atoms with E-state index in [0.717, 1.165) is 0 Å². The first kappa shape index (κ1) is 11.7. The van der Waals surface area contributed by atoms with Gasteiger partial charge in [0.25, 0.3) is 5.91 Å². The van der Waals surface area contributed by atoms with E-state index in [1.54, 1.807) is 0 Å². The molecule has 1 heterocycles. The lowest BCUT2D eigenvalue weighted by atomic mass is 10.3. The van der Waals surface area contributed by atoms with Gasteiger partial charge in [0.1, 0.15) is 0 Å². The average Bonchev–Trinajstić information content (AvgIpc) is 2.50. The fraction of sp³-hybridized carbons (Fsp3) is 0.600. The van der Waals surface area contributed by atoms with Crippen LogP contribution in [0.2, 0.25) is 0 Å². The zero-order valence-electron chi connectivity index (χ0n) is 8.73. The third-order valence-corrected chi connectivity index (χ3v) is 2.22. The maximum atomic E-state index is 11.6. The zero-order chi connectivity index (χ0) is 11.4. The Morgan fingerprint density at radius 2 is 2.40 bits per heavy atom. The third-order valence-electron chi connectivity index (χ3n) is 2.22. The summed E-state index contributed by atoms with van der Waals surface area (Å²) in [7, 11) is 0. The van der Waals surface area contributed by atoms with Crippen LogP contribution < -0.4 is 0 Å². The molecule has 0 saturated carbocycles. The summed E-state index contributed by atoms with van der Waals surface area (Å²) in [6.07, 6.45) is -0.224. The van der Waals surface area contributed by atoms with Crippen LogP contribution >= 0.6 is 0 Å². The van der Waals surface area contributed by atoms with Gasteiger partial charge in [-0.05, 0) is 6.92 Å². The Kier molecular flexibility index (Phi) is 3.85. The van der Waals surface area contributed by atoms with E-state index in [4.69, 9.17) is 9.84 Å². The molecule has 5 nitrogen and oxygen atoms in total. The normalized spacial score (nSPS) is 20.5. The van der Waals surface area contributed by atoms with Crippen molar-refractivity contribution in [2.75, 3.05) is 19.7 Å². The minimum atomic E-state index is -0.708. The number of ether oxygens (including phenoxy) is 1. The van der Waals surface area contributed by atoms with E-state index in [2.05, 4.69) is 6.58 Å². The van der Waals surface area contributed by atoms with Crippen LogP contribution in [0.1, 0.15) is 13.3 Å². The van der Waals surface area contributed by atoms with Crippen molar-refractivity contribution in [1.82, 2.24) is 4.90 Å². The Balaban J connectivity index is 2.49. The van der Waals surface area contributed by atoms with E-state index >= 15 is 0 Å². The predicted molar refractivity (Wildman–Crippen MR) is 53.0 cm³/mol. The van der Waals surface area contributed by atoms with E-state index in [1.807, 2.05) is 0 Å². The lowest BCUT2D eigenvalue weighted by Gasteiger charge is -2.14. The number of nitrogens with zero attached hydrogens (tertiary/aromatic N) is 1. The Morgan fingerprint density at radius 3 is 2.93 bits per heavy atom. The van der Waals surface area contributed by atoms with E-state index in [0.29, 0.717) is 19.5 Å². The number of β-amino-alcohol motifs (C(OH)–C–C–N with tert-alkyl or cyclic N) is 1. The number of hydrogen-bond donors (Lipinski definition) is 1. The molecule has 1 saturated heterocycles. The smallest absolute Gasteiger partial charge is 0.333 e. The molecule has 0 bridgehead atoms. The Morgan fingerprint density at radius 1 is 1.73 bits per heavy atom. The molecule has 1 unspecified atom stereocenters. The Bertz CT molecular complexity index is 287. The highest BCUT2D eigenvalue weighted by Crippen LogP contribution is 2.15. The number of esters is 1. The van der Waals surface area contributed by atoms with Crippen molar-refractivity contribution in [2.24, 2.45) is 0 Å². The summed E-state index contributed by atoms with van der Waals surface area (Å²) in [5, 5.41) is 8.69. The van der Waals surface area contributed by atoms with Crippen LogP contribution in [-0.2, 0) is 14.3 Å². The first-order valence-corrected chi connectivity index (χ1v) is 4.82. The largest absolute Gasteiger partial charge is 0.449 e. The Hall–Kier alpha value is -1.36. The summed E-state index contributed by atoms with van der Waals surface area (Å²) in [6.45, 7) is 5.71. The van der Waals surface area contributed by atoms with Crippen molar-refractivity contribution in [1.29, 1.82) is 0 Å². The van der Waals surface area contributed by atoms with Gasteiger partial charge in [-0.15, -0.1) is 0 Å². The van der Waals surface area contributed by atoms with Crippen molar-refractivity contribution >= 4 is 11.9 Å². The van der Waals surface area contributed by atoms with Crippen molar-refractivity contribution in [2.45, 2.75) is 19.4 Å². The van der Waals surface area contributed by atoms with Gasteiger partial charge in [0.15, 0.2) is 6.10 Å². The number of aliphatic hydroxyl groups is 1. The summed E-state index contributed by atoms with van der Waals surface area (Å²) in [6, 6.07) is 0. The molecular formula is C10H15NO4. The summed E-state index contributed by atoms with van der Waals surface area (Å²) in [4.78, 5) is 24.2. The summed E-state index contributed by atoms with van der Waals surface area (Å²) < 4.78 is 4.95. The number of rotatable bonds is 4. The van der Waals surface area contributed by atoms with Crippen molar-refractivity contribution in [3.8, 4) is 0 Å². The van der Waals surface area contributed by atoms with Gasteiger partial charge in [0.2, 0.25) is 0 Å². The molecular weight excluding hydrogens is 198 g/mol. The van der Waals surface area contributed by atoms with E-state index < -0.39 is 12.1 Å². The lowest BCUT2D eigenvalue weighted by molar-refractivity contribution is -0.152. The quantitative estimate of drug-likeness (QED) is 0.514. The first-order valence-electron chi connectivity index (χ1n) is 4.82. The molecule has 0 radical (unpaired) electrons. The second kappa shape index (κ2) is 4.93. The molecule has 5 heteroatoms. The number of carbonyl (C=O) groups is 2. The van der Waals surface area contributed by atoms with Gasteiger partial charge in [0.05, 0.1) is 6.61 Å². The van der Waals surface area contributed by atoms with E-state index in [-0.39, 0.29) is 18.1 Å². The van der Waals surface area contributed by atoms with Crippen molar-refractivity contribution in [3.05, 3.63) is 12.2 Å². The average molecular weight is 213 g/mol. The molecule has 0 spiro atoms. The molecule has 1 N–H and O–H groups in total. The van der Waals surface area contributed by atoms with Gasteiger partial charge in [-0.3, -0.25) is 4.79 Å². The third kappa shape index (κ3) is 2.79. The second-order valence-corrected chi connectivity index (χ2v) is 3.51. The maximum absolute atomic E-state index is 11.6. The molecule has 1 rings (SSSR count). The van der Waals surface area contributed by atoms with Gasteiger partial charge in [-0.1, -0.05) is 6.58 Å². The summed E-state index contributed by atoms with van der Waals surface area (Å²) in [5.74, 6) is -0.780. The number of likely N-dealkylation sites (tertiary alicyclic amines) is 1. The SMILES string of the molecule is C=C(C)C(=O)OC1CCN(CCO)C1=O. The van der Waals surface area contributed by atoms with Crippen LogP contribution in [0.3, 0.4) is 0 Å². The zero-order valence-corrected chi connectivity index (χ0v) is 8.73. The predicted octanol–water partition coefficient (Wildman–Crippen LogP) is -0.301. The van der Waals surface area contributed by atoms with Gasteiger partial charge in [-0.2, -0.15) is 0 Å². The highest BCUT2D eigenvalue weighted by atomic mass is 16.5. The molecule has 1 fully saturated rings. The number of hydrogen-bond acceptors (Lipinski definition) is 4. The number of carbonyl (C=O) groups excluding carboxylic acids is 2. The molecule has 1 aliphatic heterocycles. The van der Waals surface area contributed by atoms with Crippen molar-refractivity contribution in [3.63, 3.8) is 0 Å². The standard InChI is InChI=1S/C10H15NO4/c1-7(2)10(14)15-8-3-4-11(5-6-12)9(8)13/h8,12H,1,3-6H2,2H3. The van der Waals surface area contributed by atoms with Gasteiger partial charge >= 0.3 is 5.97 Å². The Labute approximate surface area is 88.3 Å². The minimum Gasteiger partial charge on any atom is -0.449 e. The second-order valence-electron chi connectivity index (χ2n) is 3.51. The monoisotopic (exact) mass is 213 g/mol. The topological polar surface area (TPSA) is 66.8 Å². The van der Waals surface area contributed by atoms with Crippen LogP contribution in [0.25, 0.3) is 0 Å². The molecule has 15 heavy (non-hydrogen) atoms. The molecule has 0 aromatic rings. The maximum Gasteiger partial charge on any atom is 0.333 e. The minimum absolute atomic E-state index is 0.0765. The van der Waals surface area contributed by atoms with E-state index in [9.17, 15) is 9.59 Å². The molecule has 1 amide bonds. The van der Waals surface area contributed by atoms with Gasteiger partial charge < -0.3 is 14.7 Å². The fourth-order valence-electron chi connectivity index (χ4n) is 1.39. The fourth-order valence-corrected chi connectivity index (χ4v) is 1.39. The number of amides is 1. The molecule has 1 atom stereocenters. The van der Waals surface area contributed by atoms with Gasteiger partial charge in [0, 0.05) is 25.1 Å². The van der Waals surface area contributed by atoms with Crippen LogP contribution in [0.4, 0.5) is 0 Å². The van der Waals surface area contributed by atoms with Crippen LogP contribution in [-0.4, -0.2) is 47.7 Å². The lowest BCUT2D eigenvalue weighted by Crippen LogP contribution is -2.33. The highest BCUT2D eigenvalue weighted by molar-refractivity contribution is 5.91. The van der Waals surface area contributed by atoms with Crippen LogP contribution in [0.5, 0.6) is 0 Å². The number of aliphatic hydroxyl groups excluding tert-OH is 1. The molecule has 0 aromatic carbocycles. The molecule has 0 aromatic heterocycles. The van der Waals surface area contributed by atoms with Crippen molar-refractivity contribution < 1.29 is 19.4 Å². The molecule has 0 aliphatic carbocycles. The van der Waals surface area contributed by atoms with Gasteiger partial charge in [-0.25, -0.2) is 4.79 Å². The highest BCUT2D eigenvalue weighted by Gasteiger charge is 2.34. The molecule has 1 aliphatic rings. The summed E-state index contributed by atoms with van der Waals surface area (Å²) in [5.41, 5.74) is 0.281. The summed E-state index contributed by atoms with van der Waals surface area (Å²) >= 11 is 0. The first-order chi connectivity index (χ1) is 7.06. The molecule has 84 valence electrons. The van der Waals surface area contributed by atoms with Crippen LogP contribution in [0.15, 0.2) is 12.2 Å².